The molecule has 0 atom stereocenters. The molecule has 0 fully saturated rings. The predicted octanol–water partition coefficient (Wildman–Crippen LogP) is 3.45. The summed E-state index contributed by atoms with van der Waals surface area (Å²) in [7, 11) is 0. The molecular formula is C16H13ClN2O. The summed E-state index contributed by atoms with van der Waals surface area (Å²) in [5, 5.41) is 12.1. The summed E-state index contributed by atoms with van der Waals surface area (Å²) in [5.74, 6) is -0.221. The Morgan fingerprint density at radius 2 is 2.05 bits per heavy atom. The molecule has 0 heterocycles. The van der Waals surface area contributed by atoms with Crippen LogP contribution in [0.25, 0.3) is 0 Å². The van der Waals surface area contributed by atoms with Crippen LogP contribution in [0.1, 0.15) is 27.0 Å². The van der Waals surface area contributed by atoms with E-state index in [-0.39, 0.29) is 5.91 Å². The van der Waals surface area contributed by atoms with Gasteiger partial charge in [0, 0.05) is 6.54 Å². The number of nitrogens with zero attached hydrogens (tertiary/aromatic N) is 1. The summed E-state index contributed by atoms with van der Waals surface area (Å²) in [6, 6.07) is 14.5. The summed E-state index contributed by atoms with van der Waals surface area (Å²) in [6.45, 7) is 2.22. The Labute approximate surface area is 122 Å². The van der Waals surface area contributed by atoms with Crippen LogP contribution >= 0.6 is 11.6 Å². The number of nitrogens with one attached hydrogen (secondary N) is 1. The van der Waals surface area contributed by atoms with E-state index < -0.39 is 0 Å². The summed E-state index contributed by atoms with van der Waals surface area (Å²) in [6.07, 6.45) is 0. The second-order valence-electron chi connectivity index (χ2n) is 4.43. The fourth-order valence-electron chi connectivity index (χ4n) is 1.85. The van der Waals surface area contributed by atoms with E-state index in [1.807, 2.05) is 19.1 Å². The summed E-state index contributed by atoms with van der Waals surface area (Å²) in [4.78, 5) is 12.1. The zero-order valence-electron chi connectivity index (χ0n) is 11.0. The zero-order valence-corrected chi connectivity index (χ0v) is 11.7. The van der Waals surface area contributed by atoms with Gasteiger partial charge in [-0.1, -0.05) is 35.9 Å². The average Bonchev–Trinajstić information content (AvgIpc) is 2.48. The van der Waals surface area contributed by atoms with Gasteiger partial charge in [-0.25, -0.2) is 0 Å². The highest BCUT2D eigenvalue weighted by atomic mass is 35.5. The third-order valence-corrected chi connectivity index (χ3v) is 3.45. The first-order chi connectivity index (χ1) is 9.61. The van der Waals surface area contributed by atoms with Crippen LogP contribution in [0.5, 0.6) is 0 Å². The van der Waals surface area contributed by atoms with Gasteiger partial charge >= 0.3 is 0 Å². The molecule has 0 saturated heterocycles. The monoisotopic (exact) mass is 284 g/mol. The number of rotatable bonds is 3. The molecule has 0 aromatic heterocycles. The van der Waals surface area contributed by atoms with Crippen molar-refractivity contribution in [2.45, 2.75) is 13.5 Å². The van der Waals surface area contributed by atoms with E-state index in [0.29, 0.717) is 22.7 Å². The molecular weight excluding hydrogens is 272 g/mol. The minimum absolute atomic E-state index is 0.221. The predicted molar refractivity (Wildman–Crippen MR) is 78.5 cm³/mol. The molecule has 1 amide bonds. The fraction of sp³-hybridized carbons (Fsp3) is 0.125. The van der Waals surface area contributed by atoms with Crippen LogP contribution in [0.15, 0.2) is 42.5 Å². The largest absolute Gasteiger partial charge is 0.348 e. The lowest BCUT2D eigenvalue weighted by Gasteiger charge is -2.08. The van der Waals surface area contributed by atoms with Crippen molar-refractivity contribution >= 4 is 17.5 Å². The number of halogens is 1. The number of benzene rings is 2. The topological polar surface area (TPSA) is 52.9 Å². The minimum atomic E-state index is -0.221. The Balaban J connectivity index is 2.09. The lowest BCUT2D eigenvalue weighted by molar-refractivity contribution is 0.0951. The molecule has 0 aliphatic carbocycles. The maximum atomic E-state index is 12.1. The lowest BCUT2D eigenvalue weighted by Crippen LogP contribution is -2.23. The Bertz CT molecular complexity index is 689. The van der Waals surface area contributed by atoms with Crippen molar-refractivity contribution < 1.29 is 4.79 Å². The first kappa shape index (κ1) is 14.1. The number of hydrogen-bond acceptors (Lipinski definition) is 2. The molecule has 2 rings (SSSR count). The van der Waals surface area contributed by atoms with Crippen molar-refractivity contribution in [1.29, 1.82) is 5.26 Å². The highest BCUT2D eigenvalue weighted by Gasteiger charge is 2.11. The molecule has 2 aromatic rings. The molecule has 1 N–H and O–H groups in total. The average molecular weight is 285 g/mol. The van der Waals surface area contributed by atoms with Crippen molar-refractivity contribution in [3.05, 3.63) is 69.7 Å². The molecule has 20 heavy (non-hydrogen) atoms. The van der Waals surface area contributed by atoms with E-state index in [0.717, 1.165) is 11.1 Å². The zero-order chi connectivity index (χ0) is 14.5. The molecule has 4 heteroatoms. The number of carbonyl (C=O) groups is 1. The maximum Gasteiger partial charge on any atom is 0.253 e. The van der Waals surface area contributed by atoms with Crippen LogP contribution in [0.3, 0.4) is 0 Å². The first-order valence-corrected chi connectivity index (χ1v) is 6.52. The van der Waals surface area contributed by atoms with Crippen LogP contribution in [0, 0.1) is 18.3 Å². The van der Waals surface area contributed by atoms with E-state index in [1.165, 1.54) is 0 Å². The van der Waals surface area contributed by atoms with E-state index in [9.17, 15) is 4.79 Å². The number of hydrogen-bond donors (Lipinski definition) is 1. The number of carbonyl (C=O) groups excluding carboxylic acids is 1. The van der Waals surface area contributed by atoms with Gasteiger partial charge in [-0.05, 0) is 36.2 Å². The number of amides is 1. The van der Waals surface area contributed by atoms with Gasteiger partial charge in [-0.2, -0.15) is 5.26 Å². The number of aryl methyl sites for hydroxylation is 1. The van der Waals surface area contributed by atoms with Gasteiger partial charge in [0.25, 0.3) is 5.91 Å². The quantitative estimate of drug-likeness (QED) is 0.938. The Kier molecular flexibility index (Phi) is 4.39. The van der Waals surface area contributed by atoms with E-state index in [1.54, 1.807) is 30.3 Å². The van der Waals surface area contributed by atoms with Gasteiger partial charge in [0.1, 0.15) is 0 Å². The molecule has 2 aromatic carbocycles. The van der Waals surface area contributed by atoms with Crippen molar-refractivity contribution in [1.82, 2.24) is 5.32 Å². The molecule has 100 valence electrons. The molecule has 0 unspecified atom stereocenters. The summed E-state index contributed by atoms with van der Waals surface area (Å²) >= 11 is 6.11. The van der Waals surface area contributed by atoms with Gasteiger partial charge in [0.05, 0.1) is 22.2 Å². The smallest absolute Gasteiger partial charge is 0.253 e. The van der Waals surface area contributed by atoms with Crippen molar-refractivity contribution in [3.63, 3.8) is 0 Å². The highest BCUT2D eigenvalue weighted by Crippen LogP contribution is 2.20. The second-order valence-corrected chi connectivity index (χ2v) is 4.81. The van der Waals surface area contributed by atoms with E-state index in [2.05, 4.69) is 11.4 Å². The van der Waals surface area contributed by atoms with Gasteiger partial charge in [-0.15, -0.1) is 0 Å². The summed E-state index contributed by atoms with van der Waals surface area (Å²) < 4.78 is 0. The SMILES string of the molecule is Cc1cccc(C(=O)NCc2cccc(C#N)c2)c1Cl. The Morgan fingerprint density at radius 1 is 1.30 bits per heavy atom. The molecule has 0 saturated carbocycles. The van der Waals surface area contributed by atoms with Crippen molar-refractivity contribution in [2.24, 2.45) is 0 Å². The van der Waals surface area contributed by atoms with Crippen LogP contribution in [-0.2, 0) is 6.54 Å². The highest BCUT2D eigenvalue weighted by molar-refractivity contribution is 6.34. The summed E-state index contributed by atoms with van der Waals surface area (Å²) in [5.41, 5.74) is 2.78. The standard InChI is InChI=1S/C16H13ClN2O/c1-11-4-2-7-14(15(11)17)16(20)19-10-13-6-3-5-12(8-13)9-18/h2-8H,10H2,1H3,(H,19,20). The van der Waals surface area contributed by atoms with Gasteiger partial charge in [-0.3, -0.25) is 4.79 Å². The van der Waals surface area contributed by atoms with E-state index in [4.69, 9.17) is 16.9 Å². The second kappa shape index (κ2) is 6.23. The van der Waals surface area contributed by atoms with Gasteiger partial charge in [0.2, 0.25) is 0 Å². The van der Waals surface area contributed by atoms with Gasteiger partial charge in [0.15, 0.2) is 0 Å². The van der Waals surface area contributed by atoms with Crippen molar-refractivity contribution in [3.8, 4) is 6.07 Å². The molecule has 0 aliphatic heterocycles. The van der Waals surface area contributed by atoms with Crippen LogP contribution in [-0.4, -0.2) is 5.91 Å². The molecule has 3 nitrogen and oxygen atoms in total. The normalized spacial score (nSPS) is 9.85. The Hall–Kier alpha value is -2.31. The van der Waals surface area contributed by atoms with Crippen LogP contribution < -0.4 is 5.32 Å². The minimum Gasteiger partial charge on any atom is -0.348 e. The lowest BCUT2D eigenvalue weighted by atomic mass is 10.1. The van der Waals surface area contributed by atoms with Gasteiger partial charge < -0.3 is 5.32 Å². The Morgan fingerprint density at radius 3 is 2.80 bits per heavy atom. The fourth-order valence-corrected chi connectivity index (χ4v) is 2.06. The van der Waals surface area contributed by atoms with Crippen LogP contribution in [0.4, 0.5) is 0 Å². The van der Waals surface area contributed by atoms with E-state index >= 15 is 0 Å². The molecule has 0 spiro atoms. The molecule has 0 bridgehead atoms. The maximum absolute atomic E-state index is 12.1. The first-order valence-electron chi connectivity index (χ1n) is 6.14. The van der Waals surface area contributed by atoms with Crippen LogP contribution in [0.2, 0.25) is 5.02 Å². The number of nitriles is 1. The third-order valence-electron chi connectivity index (χ3n) is 2.95. The molecule has 0 aliphatic rings. The van der Waals surface area contributed by atoms with Crippen molar-refractivity contribution in [2.75, 3.05) is 0 Å². The molecule has 0 radical (unpaired) electrons. The third kappa shape index (κ3) is 3.17.